The number of halogens is 1. The summed E-state index contributed by atoms with van der Waals surface area (Å²) < 4.78 is 23.6. The highest BCUT2D eigenvalue weighted by Crippen LogP contribution is 2.36. The number of nitrogens with zero attached hydrogens (tertiary/aromatic N) is 4. The first kappa shape index (κ1) is 34.5. The highest BCUT2D eigenvalue weighted by Gasteiger charge is 2.38. The molecule has 2 heterocycles. The maximum atomic E-state index is 15.8. The summed E-state index contributed by atoms with van der Waals surface area (Å²) in [5, 5.41) is 7.42. The molecule has 0 saturated heterocycles. The van der Waals surface area contributed by atoms with Gasteiger partial charge in [-0.05, 0) is 68.7 Å². The van der Waals surface area contributed by atoms with Crippen LogP contribution in [0.4, 0.5) is 10.1 Å². The van der Waals surface area contributed by atoms with Crippen molar-refractivity contribution >= 4 is 42.6 Å². The molecular weight excluding hydrogens is 603 g/mol. The van der Waals surface area contributed by atoms with Gasteiger partial charge in [0.2, 0.25) is 11.8 Å². The first-order chi connectivity index (χ1) is 21.5. The van der Waals surface area contributed by atoms with E-state index in [2.05, 4.69) is 49.3 Å². The number of carbonyl (C=O) groups is 3. The van der Waals surface area contributed by atoms with E-state index in [4.69, 9.17) is 10.2 Å². The van der Waals surface area contributed by atoms with Gasteiger partial charge >= 0.3 is 0 Å². The Labute approximate surface area is 270 Å². The molecule has 2 aromatic heterocycles. The fourth-order valence-corrected chi connectivity index (χ4v) is 5.92. The van der Waals surface area contributed by atoms with Gasteiger partial charge in [0.15, 0.2) is 19.8 Å². The van der Waals surface area contributed by atoms with Crippen molar-refractivity contribution < 1.29 is 23.2 Å². The maximum absolute atomic E-state index is 15.8. The van der Waals surface area contributed by atoms with Crippen LogP contribution in [-0.2, 0) is 20.6 Å². The van der Waals surface area contributed by atoms with Crippen LogP contribution in [-0.4, -0.2) is 64.9 Å². The van der Waals surface area contributed by atoms with Crippen LogP contribution in [0.5, 0.6) is 0 Å². The Bertz CT molecular complexity index is 1780. The predicted octanol–water partition coefficient (Wildman–Crippen LogP) is 5.83. The number of aromatic nitrogens is 3. The number of anilines is 1. The molecule has 3 N–H and O–H groups in total. The van der Waals surface area contributed by atoms with E-state index in [1.54, 1.807) is 36.4 Å². The fraction of sp³-hybridized carbons (Fsp3) is 0.382. The molecule has 2 aromatic carbocycles. The van der Waals surface area contributed by atoms with Crippen molar-refractivity contribution in [2.24, 2.45) is 5.73 Å². The van der Waals surface area contributed by atoms with E-state index < -0.39 is 37.9 Å². The van der Waals surface area contributed by atoms with Crippen LogP contribution in [0.25, 0.3) is 22.2 Å². The summed E-state index contributed by atoms with van der Waals surface area (Å²) in [6.07, 6.45) is 0. The molecule has 0 spiro atoms. The summed E-state index contributed by atoms with van der Waals surface area (Å²) in [5.74, 6) is -2.35. The molecule has 0 fully saturated rings. The van der Waals surface area contributed by atoms with Crippen molar-refractivity contribution in [2.45, 2.75) is 72.3 Å². The van der Waals surface area contributed by atoms with E-state index in [0.717, 1.165) is 11.3 Å². The van der Waals surface area contributed by atoms with Crippen molar-refractivity contribution in [3.63, 3.8) is 0 Å². The summed E-state index contributed by atoms with van der Waals surface area (Å²) in [6, 6.07) is 14.9. The number of amides is 3. The minimum Gasteiger partial charge on any atom is -0.415 e. The molecule has 0 aliphatic carbocycles. The molecule has 12 heteroatoms. The third-order valence-electron chi connectivity index (χ3n) is 8.60. The molecule has 4 aromatic rings. The number of primary amides is 1. The normalized spacial score (nSPS) is 12.6. The maximum Gasteiger partial charge on any atom is 0.269 e. The van der Waals surface area contributed by atoms with Gasteiger partial charge in [-0.3, -0.25) is 24.0 Å². The Morgan fingerprint density at radius 3 is 2.43 bits per heavy atom. The molecular formula is C34H43FN6O4Si. The van der Waals surface area contributed by atoms with Crippen LogP contribution in [0.1, 0.15) is 49.4 Å². The van der Waals surface area contributed by atoms with Crippen LogP contribution in [0, 0.1) is 19.7 Å². The van der Waals surface area contributed by atoms with Crippen LogP contribution >= 0.6 is 0 Å². The number of nitrogens with two attached hydrogens (primary N) is 1. The number of benzene rings is 2. The van der Waals surface area contributed by atoms with Gasteiger partial charge in [-0.25, -0.2) is 4.39 Å². The smallest absolute Gasteiger partial charge is 0.269 e. The molecule has 244 valence electrons. The van der Waals surface area contributed by atoms with Gasteiger partial charge in [0, 0.05) is 16.6 Å². The highest BCUT2D eigenvalue weighted by atomic mass is 28.4. The number of pyridine rings is 1. The Morgan fingerprint density at radius 1 is 1.07 bits per heavy atom. The molecule has 46 heavy (non-hydrogen) atoms. The zero-order chi connectivity index (χ0) is 34.0. The van der Waals surface area contributed by atoms with E-state index in [-0.39, 0.29) is 41.7 Å². The van der Waals surface area contributed by atoms with Crippen molar-refractivity contribution in [3.8, 4) is 11.3 Å². The van der Waals surface area contributed by atoms with Crippen LogP contribution in [0.2, 0.25) is 18.1 Å². The lowest BCUT2D eigenvalue weighted by Crippen LogP contribution is -2.50. The second-order valence-electron chi connectivity index (χ2n) is 13.2. The third-order valence-corrected chi connectivity index (χ3v) is 13.1. The number of carbonyl (C=O) groups excluding carboxylic acids is 3. The molecule has 0 aliphatic heterocycles. The number of aryl methyl sites for hydroxylation is 2. The number of para-hydroxylation sites is 1. The van der Waals surface area contributed by atoms with Gasteiger partial charge in [-0.1, -0.05) is 51.1 Å². The van der Waals surface area contributed by atoms with Crippen LogP contribution in [0.3, 0.4) is 0 Å². The lowest BCUT2D eigenvalue weighted by Gasteiger charge is -2.38. The molecule has 0 unspecified atom stereocenters. The van der Waals surface area contributed by atoms with E-state index in [0.29, 0.717) is 16.6 Å². The molecule has 0 bridgehead atoms. The first-order valence-corrected chi connectivity index (χ1v) is 18.1. The summed E-state index contributed by atoms with van der Waals surface area (Å²) in [5.41, 5.74) is 8.43. The third kappa shape index (κ3) is 7.51. The monoisotopic (exact) mass is 646 g/mol. The SMILES string of the molecule is Cc1ccc(C)c(-c2cccc(NC(=O)CN(C(=O)Cn3nc(C(N)=O)c4ccccc43)[C@H](C)CO[Si](C)(C)C(C)(C)C)c2F)n1. The average molecular weight is 647 g/mol. The lowest BCUT2D eigenvalue weighted by molar-refractivity contribution is -0.138. The standard InChI is InChI=1S/C34H43FN6O4Si/c1-21-16-17-22(2)37-31(21)25-13-11-14-26(30(25)35)38-28(42)18-40(23(3)20-45-46(7,8)34(4,5)6)29(43)19-41-27-15-10-9-12-24(27)32(39-41)33(36)44/h9-17,23H,18-20H2,1-8H3,(H2,36,44)(H,38,42)/t23-/m1/s1. The predicted molar refractivity (Wildman–Crippen MR) is 180 cm³/mol. The minimum atomic E-state index is -2.19. The molecule has 3 amide bonds. The zero-order valence-corrected chi connectivity index (χ0v) is 28.8. The Morgan fingerprint density at radius 2 is 1.76 bits per heavy atom. The summed E-state index contributed by atoms with van der Waals surface area (Å²) in [6.45, 7) is 15.6. The topological polar surface area (TPSA) is 132 Å². The molecule has 10 nitrogen and oxygen atoms in total. The highest BCUT2D eigenvalue weighted by molar-refractivity contribution is 6.74. The van der Waals surface area contributed by atoms with Crippen LogP contribution in [0.15, 0.2) is 54.6 Å². The van der Waals surface area contributed by atoms with Crippen LogP contribution < -0.4 is 11.1 Å². The minimum absolute atomic E-state index is 0.0213. The van der Waals surface area contributed by atoms with Crippen molar-refractivity contribution in [1.82, 2.24) is 19.7 Å². The number of nitrogens with one attached hydrogen (secondary N) is 1. The first-order valence-electron chi connectivity index (χ1n) is 15.2. The second kappa shape index (κ2) is 13.5. The summed E-state index contributed by atoms with van der Waals surface area (Å²) >= 11 is 0. The molecule has 0 radical (unpaired) electrons. The number of hydrogen-bond donors (Lipinski definition) is 2. The molecule has 4 rings (SSSR count). The number of rotatable bonds is 11. The van der Waals surface area contributed by atoms with Gasteiger partial charge in [0.05, 0.1) is 29.5 Å². The zero-order valence-electron chi connectivity index (χ0n) is 27.8. The van der Waals surface area contributed by atoms with Gasteiger partial charge < -0.3 is 20.4 Å². The van der Waals surface area contributed by atoms with Crippen molar-refractivity contribution in [1.29, 1.82) is 0 Å². The molecule has 0 aliphatic rings. The molecule has 0 saturated carbocycles. The van der Waals surface area contributed by atoms with Crippen molar-refractivity contribution in [3.05, 3.63) is 77.4 Å². The number of fused-ring (bicyclic) bond motifs is 1. The van der Waals surface area contributed by atoms with Gasteiger partial charge in [-0.15, -0.1) is 0 Å². The lowest BCUT2D eigenvalue weighted by atomic mass is 10.0. The second-order valence-corrected chi connectivity index (χ2v) is 18.0. The molecule has 1 atom stereocenters. The quantitative estimate of drug-likeness (QED) is 0.197. The van der Waals surface area contributed by atoms with E-state index >= 15 is 4.39 Å². The van der Waals surface area contributed by atoms with E-state index in [9.17, 15) is 14.4 Å². The number of hydrogen-bond acceptors (Lipinski definition) is 6. The van der Waals surface area contributed by atoms with E-state index in [1.807, 2.05) is 32.9 Å². The Kier molecular flexibility index (Phi) is 10.1. The van der Waals surface area contributed by atoms with Crippen molar-refractivity contribution in [2.75, 3.05) is 18.5 Å². The Hall–Kier alpha value is -4.42. The summed E-state index contributed by atoms with van der Waals surface area (Å²) in [4.78, 5) is 45.3. The summed E-state index contributed by atoms with van der Waals surface area (Å²) in [7, 11) is -2.19. The Balaban J connectivity index is 1.61. The van der Waals surface area contributed by atoms with Gasteiger partial charge in [-0.2, -0.15) is 5.10 Å². The van der Waals surface area contributed by atoms with E-state index in [1.165, 1.54) is 15.6 Å². The average Bonchev–Trinajstić information content (AvgIpc) is 3.35. The fourth-order valence-electron chi connectivity index (χ4n) is 4.83. The van der Waals surface area contributed by atoms with Gasteiger partial charge in [0.1, 0.15) is 13.1 Å². The largest absolute Gasteiger partial charge is 0.415 e. The van der Waals surface area contributed by atoms with Gasteiger partial charge in [0.25, 0.3) is 5.91 Å².